The maximum Gasteiger partial charge on any atom is 0.0875 e. The predicted molar refractivity (Wildman–Crippen MR) is 104 cm³/mol. The van der Waals surface area contributed by atoms with Crippen molar-refractivity contribution in [1.82, 2.24) is 0 Å². The molecule has 0 bridgehead atoms. The maximum atomic E-state index is 2.35. The Balaban J connectivity index is 1.67. The minimum atomic E-state index is -0.327. The molecule has 0 radical (unpaired) electrons. The first-order valence-electron chi connectivity index (χ1n) is 7.88. The first kappa shape index (κ1) is 15.0. The fourth-order valence-electron chi connectivity index (χ4n) is 2.66. The highest BCUT2D eigenvalue weighted by Crippen LogP contribution is 1.93. The number of rotatable bonds is 4. The molecule has 0 spiro atoms. The summed E-state index contributed by atoms with van der Waals surface area (Å²) in [6.45, 7) is 4.30. The van der Waals surface area contributed by atoms with E-state index in [-0.39, 0.29) is 19.0 Å². The molecule has 0 aromatic heterocycles. The molecule has 22 heavy (non-hydrogen) atoms. The molecule has 0 fully saturated rings. The van der Waals surface area contributed by atoms with Crippen molar-refractivity contribution >= 4 is 39.8 Å². The molecule has 3 rings (SSSR count). The highest BCUT2D eigenvalue weighted by molar-refractivity contribution is 6.69. The zero-order chi connectivity index (χ0) is 15.4. The third-order valence-corrected chi connectivity index (χ3v) is 7.60. The molecule has 0 saturated heterocycles. The van der Waals surface area contributed by atoms with Crippen molar-refractivity contribution in [1.29, 1.82) is 0 Å². The third kappa shape index (κ3) is 4.06. The Hall–Kier alpha value is -1.91. The molecule has 2 heteroatoms. The van der Waals surface area contributed by atoms with Gasteiger partial charge in [-0.15, -0.1) is 0 Å². The average Bonchev–Trinajstić information content (AvgIpc) is 2.54. The molecule has 3 aromatic rings. The zero-order valence-corrected chi connectivity index (χ0v) is 16.2. The highest BCUT2D eigenvalue weighted by atomic mass is 28.2. The van der Waals surface area contributed by atoms with E-state index in [0.29, 0.717) is 0 Å². The lowest BCUT2D eigenvalue weighted by molar-refractivity contribution is 1.49. The van der Waals surface area contributed by atoms with Crippen molar-refractivity contribution in [3.8, 4) is 0 Å². The van der Waals surface area contributed by atoms with Crippen LogP contribution in [-0.4, -0.2) is 19.0 Å². The van der Waals surface area contributed by atoms with Crippen molar-refractivity contribution in [3.05, 3.63) is 83.9 Å². The van der Waals surface area contributed by atoms with Gasteiger partial charge >= 0.3 is 0 Å². The van der Waals surface area contributed by atoms with Crippen molar-refractivity contribution in [2.45, 2.75) is 13.8 Å². The van der Waals surface area contributed by atoms with Gasteiger partial charge in [-0.1, -0.05) is 105 Å². The molecule has 0 amide bonds. The average molecular weight is 319 g/mol. The van der Waals surface area contributed by atoms with E-state index in [4.69, 9.17) is 0 Å². The van der Waals surface area contributed by atoms with Gasteiger partial charge in [-0.3, -0.25) is 0 Å². The normalized spacial score (nSPS) is 11.7. The maximum absolute atomic E-state index is 2.35. The molecular formula is C20H22Si2. The zero-order valence-electron chi connectivity index (χ0n) is 13.3. The lowest BCUT2D eigenvalue weighted by atomic mass is 10.2. The van der Waals surface area contributed by atoms with Crippen molar-refractivity contribution < 1.29 is 0 Å². The Kier molecular flexibility index (Phi) is 4.71. The van der Waals surface area contributed by atoms with Crippen LogP contribution in [0.3, 0.4) is 0 Å². The van der Waals surface area contributed by atoms with Crippen LogP contribution in [0.4, 0.5) is 0 Å². The molecule has 0 heterocycles. The highest BCUT2D eigenvalue weighted by Gasteiger charge is 2.00. The summed E-state index contributed by atoms with van der Waals surface area (Å²) in [5.74, 6) is 0. The Bertz CT molecular complexity index is 660. The second kappa shape index (κ2) is 6.90. The molecule has 0 atom stereocenters. The number of hydrogen-bond donors (Lipinski definition) is 0. The van der Waals surface area contributed by atoms with E-state index in [1.54, 1.807) is 0 Å². The first-order valence-corrected chi connectivity index (χ1v) is 10.7. The van der Waals surface area contributed by atoms with Crippen molar-refractivity contribution in [2.75, 3.05) is 0 Å². The second-order valence-corrected chi connectivity index (χ2v) is 10.1. The molecule has 3 aromatic carbocycles. The Morgan fingerprint density at radius 1 is 0.409 bits per heavy atom. The quantitative estimate of drug-likeness (QED) is 0.616. The summed E-state index contributed by atoms with van der Waals surface area (Å²) in [7, 11) is -0.653. The summed E-state index contributed by atoms with van der Waals surface area (Å²) in [6, 6.07) is 27.4. The van der Waals surface area contributed by atoms with Crippen molar-refractivity contribution in [2.24, 2.45) is 0 Å². The fraction of sp³-hybridized carbons (Fsp3) is 0.100. The molecule has 0 aliphatic heterocycles. The van der Waals surface area contributed by atoms with E-state index < -0.39 is 0 Å². The summed E-state index contributed by atoms with van der Waals surface area (Å²) in [5.41, 5.74) is 2.69. The predicted octanol–water partition coefficient (Wildman–Crippen LogP) is 0.543. The van der Waals surface area contributed by atoms with Gasteiger partial charge in [0.15, 0.2) is 0 Å². The SMILES string of the molecule is Cc1ccc([SiH2]c2ccc([SiH2]c3ccc(C)cc3)cc2)cc1. The van der Waals surface area contributed by atoms with E-state index in [9.17, 15) is 0 Å². The van der Waals surface area contributed by atoms with E-state index in [1.807, 2.05) is 0 Å². The van der Waals surface area contributed by atoms with Crippen LogP contribution in [0.1, 0.15) is 11.1 Å². The molecule has 0 nitrogen and oxygen atoms in total. The summed E-state index contributed by atoms with van der Waals surface area (Å²) in [5, 5.41) is 6.11. The molecule has 0 N–H and O–H groups in total. The minimum absolute atomic E-state index is 0.327. The van der Waals surface area contributed by atoms with Gasteiger partial charge in [0.25, 0.3) is 0 Å². The molecule has 0 unspecified atom stereocenters. The Labute approximate surface area is 137 Å². The topological polar surface area (TPSA) is 0 Å². The second-order valence-electron chi connectivity index (χ2n) is 6.14. The first-order chi connectivity index (χ1) is 10.7. The Morgan fingerprint density at radius 3 is 0.909 bits per heavy atom. The monoisotopic (exact) mass is 318 g/mol. The van der Waals surface area contributed by atoms with Gasteiger partial charge < -0.3 is 0 Å². The standard InChI is InChI=1S/C20H22Si2/c1-15-3-7-17(8-4-15)21-19-11-13-20(14-12-19)22-18-9-5-16(2)6-10-18/h3-14H,21-22H2,1-2H3. The number of benzene rings is 3. The van der Waals surface area contributed by atoms with Gasteiger partial charge in [-0.2, -0.15) is 0 Å². The molecular weight excluding hydrogens is 296 g/mol. The minimum Gasteiger partial charge on any atom is -0.0634 e. The summed E-state index contributed by atoms with van der Waals surface area (Å²) in [6.07, 6.45) is 0. The van der Waals surface area contributed by atoms with Gasteiger partial charge in [-0.05, 0) is 13.8 Å². The van der Waals surface area contributed by atoms with E-state index >= 15 is 0 Å². The summed E-state index contributed by atoms with van der Waals surface area (Å²) in [4.78, 5) is 0. The van der Waals surface area contributed by atoms with Crippen molar-refractivity contribution in [3.63, 3.8) is 0 Å². The third-order valence-electron chi connectivity index (χ3n) is 4.08. The van der Waals surface area contributed by atoms with Crippen LogP contribution in [0, 0.1) is 13.8 Å². The summed E-state index contributed by atoms with van der Waals surface area (Å²) >= 11 is 0. The van der Waals surface area contributed by atoms with Crippen LogP contribution in [0.25, 0.3) is 0 Å². The number of hydrogen-bond acceptors (Lipinski definition) is 0. The molecule has 0 saturated carbocycles. The largest absolute Gasteiger partial charge is 0.0875 e. The van der Waals surface area contributed by atoms with Crippen LogP contribution in [-0.2, 0) is 0 Å². The van der Waals surface area contributed by atoms with Gasteiger partial charge in [0.1, 0.15) is 0 Å². The van der Waals surface area contributed by atoms with Crippen LogP contribution >= 0.6 is 0 Å². The van der Waals surface area contributed by atoms with Crippen LogP contribution < -0.4 is 20.7 Å². The van der Waals surface area contributed by atoms with Gasteiger partial charge in [0, 0.05) is 0 Å². The lowest BCUT2D eigenvalue weighted by Crippen LogP contribution is -2.31. The fourth-order valence-corrected chi connectivity index (χ4v) is 5.49. The van der Waals surface area contributed by atoms with E-state index in [1.165, 1.54) is 31.9 Å². The number of aryl methyl sites for hydroxylation is 2. The van der Waals surface area contributed by atoms with Crippen LogP contribution in [0.2, 0.25) is 0 Å². The van der Waals surface area contributed by atoms with Gasteiger partial charge in [-0.25, -0.2) is 0 Å². The molecule has 110 valence electrons. The Morgan fingerprint density at radius 2 is 0.636 bits per heavy atom. The van der Waals surface area contributed by atoms with E-state index in [2.05, 4.69) is 86.6 Å². The van der Waals surface area contributed by atoms with Crippen LogP contribution in [0.15, 0.2) is 72.8 Å². The molecule has 0 aliphatic carbocycles. The summed E-state index contributed by atoms with van der Waals surface area (Å²) < 4.78 is 0. The lowest BCUT2D eigenvalue weighted by Gasteiger charge is -2.05. The van der Waals surface area contributed by atoms with Crippen LogP contribution in [0.5, 0.6) is 0 Å². The smallest absolute Gasteiger partial charge is 0.0634 e. The van der Waals surface area contributed by atoms with E-state index in [0.717, 1.165) is 0 Å². The van der Waals surface area contributed by atoms with Gasteiger partial charge in [0.2, 0.25) is 0 Å². The van der Waals surface area contributed by atoms with Gasteiger partial charge in [0.05, 0.1) is 19.0 Å². The molecule has 0 aliphatic rings.